The second-order valence-corrected chi connectivity index (χ2v) is 3.36. The molecule has 0 aromatic heterocycles. The molecule has 2 aromatic carbocycles. The van der Waals surface area contributed by atoms with Crippen molar-refractivity contribution in [1.29, 1.82) is 0 Å². The van der Waals surface area contributed by atoms with E-state index in [-0.39, 0.29) is 0 Å². The second-order valence-electron chi connectivity index (χ2n) is 3.36. The number of rotatable bonds is 3. The summed E-state index contributed by atoms with van der Waals surface area (Å²) >= 11 is 0. The fourth-order valence-electron chi connectivity index (χ4n) is 1.60. The van der Waals surface area contributed by atoms with Gasteiger partial charge in [0.2, 0.25) is 0 Å². The number of hydrogen-bond acceptors (Lipinski definition) is 2. The lowest BCUT2D eigenvalue weighted by Crippen LogP contribution is -1.90. The van der Waals surface area contributed by atoms with Crippen molar-refractivity contribution >= 4 is 0 Å². The molecule has 0 aliphatic heterocycles. The number of methoxy groups -OCH3 is 2. The molecule has 16 heavy (non-hydrogen) atoms. The largest absolute Gasteiger partial charge is 0.497 e. The van der Waals surface area contributed by atoms with Crippen molar-refractivity contribution < 1.29 is 9.47 Å². The van der Waals surface area contributed by atoms with Crippen LogP contribution in [0.4, 0.5) is 0 Å². The first-order valence-corrected chi connectivity index (χ1v) is 5.03. The summed E-state index contributed by atoms with van der Waals surface area (Å²) in [6.45, 7) is 0. The first-order valence-electron chi connectivity index (χ1n) is 5.03. The van der Waals surface area contributed by atoms with E-state index in [0.29, 0.717) is 0 Å². The fraction of sp³-hybridized carbons (Fsp3) is 0.143. The van der Waals surface area contributed by atoms with E-state index < -0.39 is 0 Å². The summed E-state index contributed by atoms with van der Waals surface area (Å²) in [6, 6.07) is 16.6. The minimum atomic E-state index is 0.819. The van der Waals surface area contributed by atoms with Crippen LogP contribution >= 0.6 is 0 Å². The molecule has 0 saturated carbocycles. The SMILES string of the molecule is COc1ccc(OC)c(-c2c[c]ccc2)c1. The number of hydrogen-bond donors (Lipinski definition) is 0. The van der Waals surface area contributed by atoms with Gasteiger partial charge >= 0.3 is 0 Å². The van der Waals surface area contributed by atoms with Crippen LogP contribution in [0.1, 0.15) is 0 Å². The average molecular weight is 213 g/mol. The van der Waals surface area contributed by atoms with E-state index >= 15 is 0 Å². The average Bonchev–Trinajstić information content (AvgIpc) is 2.39. The Kier molecular flexibility index (Phi) is 3.10. The molecule has 0 heterocycles. The van der Waals surface area contributed by atoms with Crippen LogP contribution < -0.4 is 9.47 Å². The molecule has 0 spiro atoms. The van der Waals surface area contributed by atoms with Crippen LogP contribution in [0.25, 0.3) is 11.1 Å². The first kappa shape index (κ1) is 10.6. The normalized spacial score (nSPS) is 9.88. The molecule has 0 atom stereocenters. The van der Waals surface area contributed by atoms with E-state index in [1.54, 1.807) is 14.2 Å². The summed E-state index contributed by atoms with van der Waals surface area (Å²) in [5, 5.41) is 0. The Morgan fingerprint density at radius 2 is 1.94 bits per heavy atom. The number of benzene rings is 2. The highest BCUT2D eigenvalue weighted by atomic mass is 16.5. The quantitative estimate of drug-likeness (QED) is 0.779. The molecule has 0 N–H and O–H groups in total. The maximum atomic E-state index is 5.33. The lowest BCUT2D eigenvalue weighted by atomic mass is 10.0. The maximum Gasteiger partial charge on any atom is 0.126 e. The molecule has 2 heteroatoms. The van der Waals surface area contributed by atoms with Gasteiger partial charge < -0.3 is 9.47 Å². The van der Waals surface area contributed by atoms with Crippen LogP contribution in [0, 0.1) is 6.07 Å². The molecule has 0 unspecified atom stereocenters. The third-order valence-electron chi connectivity index (χ3n) is 2.42. The maximum absolute atomic E-state index is 5.33. The fourth-order valence-corrected chi connectivity index (χ4v) is 1.60. The van der Waals surface area contributed by atoms with Gasteiger partial charge in [-0.15, -0.1) is 0 Å². The molecule has 2 rings (SSSR count). The smallest absolute Gasteiger partial charge is 0.126 e. The molecule has 0 aliphatic carbocycles. The summed E-state index contributed by atoms with van der Waals surface area (Å²) in [5.41, 5.74) is 2.08. The highest BCUT2D eigenvalue weighted by Crippen LogP contribution is 2.32. The minimum absolute atomic E-state index is 0.819. The lowest BCUT2D eigenvalue weighted by molar-refractivity contribution is 0.404. The minimum Gasteiger partial charge on any atom is -0.497 e. The highest BCUT2D eigenvalue weighted by Gasteiger charge is 2.06. The van der Waals surface area contributed by atoms with Crippen molar-refractivity contribution in [2.24, 2.45) is 0 Å². The zero-order valence-electron chi connectivity index (χ0n) is 9.36. The summed E-state index contributed by atoms with van der Waals surface area (Å²) in [4.78, 5) is 0. The van der Waals surface area contributed by atoms with Crippen LogP contribution in [-0.4, -0.2) is 14.2 Å². The molecule has 81 valence electrons. The second kappa shape index (κ2) is 4.71. The Balaban J connectivity index is 2.53. The van der Waals surface area contributed by atoms with Gasteiger partial charge in [0.05, 0.1) is 14.2 Å². The molecule has 0 fully saturated rings. The molecule has 2 nitrogen and oxygen atoms in total. The Hall–Kier alpha value is -1.96. The van der Waals surface area contributed by atoms with Gasteiger partial charge in [-0.1, -0.05) is 18.2 Å². The molecule has 1 radical (unpaired) electrons. The highest BCUT2D eigenvalue weighted by molar-refractivity contribution is 5.71. The summed E-state index contributed by atoms with van der Waals surface area (Å²) in [7, 11) is 3.32. The van der Waals surface area contributed by atoms with Crippen LogP contribution in [-0.2, 0) is 0 Å². The first-order chi connectivity index (χ1) is 7.85. The Morgan fingerprint density at radius 3 is 2.56 bits per heavy atom. The summed E-state index contributed by atoms with van der Waals surface area (Å²) < 4.78 is 10.5. The zero-order chi connectivity index (χ0) is 11.4. The van der Waals surface area contributed by atoms with E-state index in [9.17, 15) is 0 Å². The topological polar surface area (TPSA) is 18.5 Å². The molecular weight excluding hydrogens is 200 g/mol. The predicted octanol–water partition coefficient (Wildman–Crippen LogP) is 3.17. The van der Waals surface area contributed by atoms with Gasteiger partial charge in [-0.25, -0.2) is 0 Å². The van der Waals surface area contributed by atoms with Gasteiger partial charge in [-0.2, -0.15) is 0 Å². The summed E-state index contributed by atoms with van der Waals surface area (Å²) in [6.07, 6.45) is 0. The van der Waals surface area contributed by atoms with E-state index in [0.717, 1.165) is 22.6 Å². The van der Waals surface area contributed by atoms with Crippen LogP contribution in [0.3, 0.4) is 0 Å². The van der Waals surface area contributed by atoms with Gasteiger partial charge in [-0.3, -0.25) is 0 Å². The van der Waals surface area contributed by atoms with Crippen LogP contribution in [0.15, 0.2) is 42.5 Å². The van der Waals surface area contributed by atoms with Crippen LogP contribution in [0.5, 0.6) is 11.5 Å². The van der Waals surface area contributed by atoms with Gasteiger partial charge in [0.1, 0.15) is 11.5 Å². The van der Waals surface area contributed by atoms with Crippen molar-refractivity contribution in [3.8, 4) is 22.6 Å². The van der Waals surface area contributed by atoms with Gasteiger partial charge in [0.25, 0.3) is 0 Å². The van der Waals surface area contributed by atoms with Crippen molar-refractivity contribution in [3.05, 3.63) is 48.5 Å². The van der Waals surface area contributed by atoms with Crippen molar-refractivity contribution in [3.63, 3.8) is 0 Å². The molecule has 0 aliphatic rings. The van der Waals surface area contributed by atoms with E-state index in [1.165, 1.54) is 0 Å². The van der Waals surface area contributed by atoms with E-state index in [1.807, 2.05) is 42.5 Å². The third kappa shape index (κ3) is 2.01. The van der Waals surface area contributed by atoms with Crippen molar-refractivity contribution in [1.82, 2.24) is 0 Å². The third-order valence-corrected chi connectivity index (χ3v) is 2.42. The monoisotopic (exact) mass is 213 g/mol. The van der Waals surface area contributed by atoms with Gasteiger partial charge in [-0.05, 0) is 35.9 Å². The molecular formula is C14H13O2. The lowest BCUT2D eigenvalue weighted by Gasteiger charge is -2.10. The van der Waals surface area contributed by atoms with E-state index in [2.05, 4.69) is 6.07 Å². The molecule has 0 saturated heterocycles. The Bertz CT molecular complexity index is 463. The van der Waals surface area contributed by atoms with Crippen LogP contribution in [0.2, 0.25) is 0 Å². The Labute approximate surface area is 95.4 Å². The summed E-state index contributed by atoms with van der Waals surface area (Å²) in [5.74, 6) is 1.65. The number of ether oxygens (including phenoxy) is 2. The zero-order valence-corrected chi connectivity index (χ0v) is 9.36. The van der Waals surface area contributed by atoms with Crippen molar-refractivity contribution in [2.45, 2.75) is 0 Å². The Morgan fingerprint density at radius 1 is 1.06 bits per heavy atom. The molecule has 0 amide bonds. The van der Waals surface area contributed by atoms with E-state index in [4.69, 9.17) is 9.47 Å². The molecule has 2 aromatic rings. The van der Waals surface area contributed by atoms with Gasteiger partial charge in [0.15, 0.2) is 0 Å². The van der Waals surface area contributed by atoms with Crippen molar-refractivity contribution in [2.75, 3.05) is 14.2 Å². The standard InChI is InChI=1S/C14H13O2/c1-15-12-8-9-14(16-2)13(10-12)11-6-4-3-5-7-11/h3-4,6-10H,1-2H3. The predicted molar refractivity (Wildman–Crippen MR) is 63.8 cm³/mol. The molecule has 0 bridgehead atoms. The van der Waals surface area contributed by atoms with Gasteiger partial charge in [0, 0.05) is 5.56 Å².